The van der Waals surface area contributed by atoms with E-state index in [9.17, 15) is 8.42 Å². The standard InChI is InChI=1S/C11H18N2O3S/c1-16-6-5-13-17(14,15)9-11-4-2-3-10(7-11)8-12/h2-4,7,13H,5-6,8-9,12H2,1H3. The minimum atomic E-state index is -3.30. The van der Waals surface area contributed by atoms with Gasteiger partial charge in [-0.05, 0) is 11.1 Å². The number of methoxy groups -OCH3 is 1. The van der Waals surface area contributed by atoms with Gasteiger partial charge in [-0.15, -0.1) is 0 Å². The molecule has 1 aromatic rings. The Morgan fingerprint density at radius 2 is 2.06 bits per heavy atom. The van der Waals surface area contributed by atoms with Gasteiger partial charge in [0.2, 0.25) is 10.0 Å². The molecule has 0 fully saturated rings. The van der Waals surface area contributed by atoms with Gasteiger partial charge in [-0.2, -0.15) is 0 Å². The number of sulfonamides is 1. The summed E-state index contributed by atoms with van der Waals surface area (Å²) in [4.78, 5) is 0. The Morgan fingerprint density at radius 3 is 2.71 bits per heavy atom. The predicted molar refractivity (Wildman–Crippen MR) is 66.8 cm³/mol. The second-order valence-electron chi connectivity index (χ2n) is 3.67. The van der Waals surface area contributed by atoms with Gasteiger partial charge >= 0.3 is 0 Å². The predicted octanol–water partition coefficient (Wildman–Crippen LogP) is 0.211. The lowest BCUT2D eigenvalue weighted by molar-refractivity contribution is 0.204. The van der Waals surface area contributed by atoms with E-state index in [0.717, 1.165) is 11.1 Å². The molecule has 0 amide bonds. The van der Waals surface area contributed by atoms with E-state index in [1.165, 1.54) is 7.11 Å². The molecule has 0 atom stereocenters. The highest BCUT2D eigenvalue weighted by Crippen LogP contribution is 2.08. The molecule has 96 valence electrons. The zero-order valence-electron chi connectivity index (χ0n) is 9.85. The minimum Gasteiger partial charge on any atom is -0.383 e. The van der Waals surface area contributed by atoms with E-state index in [0.29, 0.717) is 13.2 Å². The monoisotopic (exact) mass is 258 g/mol. The molecule has 0 bridgehead atoms. The summed E-state index contributed by atoms with van der Waals surface area (Å²) in [5.74, 6) is -0.0371. The highest BCUT2D eigenvalue weighted by atomic mass is 32.2. The number of nitrogens with one attached hydrogen (secondary N) is 1. The third-order valence-electron chi connectivity index (χ3n) is 2.21. The molecule has 1 aromatic carbocycles. The largest absolute Gasteiger partial charge is 0.383 e. The Bertz CT molecular complexity index is 446. The van der Waals surface area contributed by atoms with Crippen LogP contribution in [0.15, 0.2) is 24.3 Å². The molecule has 0 aromatic heterocycles. The summed E-state index contributed by atoms with van der Waals surface area (Å²) in [6.07, 6.45) is 0. The van der Waals surface area contributed by atoms with Crippen molar-refractivity contribution in [2.24, 2.45) is 5.73 Å². The van der Waals surface area contributed by atoms with E-state index in [1.807, 2.05) is 12.1 Å². The maximum absolute atomic E-state index is 11.7. The normalized spacial score (nSPS) is 11.6. The lowest BCUT2D eigenvalue weighted by Crippen LogP contribution is -2.28. The topological polar surface area (TPSA) is 81.4 Å². The van der Waals surface area contributed by atoms with E-state index < -0.39 is 10.0 Å². The SMILES string of the molecule is COCCNS(=O)(=O)Cc1cccc(CN)c1. The van der Waals surface area contributed by atoms with Crippen molar-refractivity contribution in [3.8, 4) is 0 Å². The van der Waals surface area contributed by atoms with Gasteiger partial charge in [-0.3, -0.25) is 0 Å². The van der Waals surface area contributed by atoms with Crippen LogP contribution in [0.5, 0.6) is 0 Å². The Hall–Kier alpha value is -0.950. The summed E-state index contributed by atoms with van der Waals surface area (Å²) in [5.41, 5.74) is 7.16. The molecule has 0 aliphatic heterocycles. The van der Waals surface area contributed by atoms with Crippen LogP contribution in [0.2, 0.25) is 0 Å². The summed E-state index contributed by atoms with van der Waals surface area (Å²) >= 11 is 0. The van der Waals surface area contributed by atoms with Crippen LogP contribution in [0.4, 0.5) is 0 Å². The first-order chi connectivity index (χ1) is 8.07. The fourth-order valence-electron chi connectivity index (χ4n) is 1.42. The molecule has 0 aliphatic carbocycles. The van der Waals surface area contributed by atoms with Gasteiger partial charge < -0.3 is 10.5 Å². The van der Waals surface area contributed by atoms with Gasteiger partial charge in [0, 0.05) is 20.2 Å². The van der Waals surface area contributed by atoms with Crippen molar-refractivity contribution >= 4 is 10.0 Å². The van der Waals surface area contributed by atoms with Crippen molar-refractivity contribution in [1.29, 1.82) is 0 Å². The van der Waals surface area contributed by atoms with Gasteiger partial charge in [0.25, 0.3) is 0 Å². The molecular formula is C11H18N2O3S. The van der Waals surface area contributed by atoms with Gasteiger partial charge in [-0.1, -0.05) is 24.3 Å². The van der Waals surface area contributed by atoms with Gasteiger partial charge in [0.1, 0.15) is 0 Å². The van der Waals surface area contributed by atoms with Crippen molar-refractivity contribution in [1.82, 2.24) is 4.72 Å². The highest BCUT2D eigenvalue weighted by Gasteiger charge is 2.10. The maximum atomic E-state index is 11.7. The Morgan fingerprint density at radius 1 is 1.35 bits per heavy atom. The van der Waals surface area contributed by atoms with E-state index in [-0.39, 0.29) is 12.3 Å². The van der Waals surface area contributed by atoms with Crippen molar-refractivity contribution in [2.45, 2.75) is 12.3 Å². The zero-order chi connectivity index (χ0) is 12.7. The molecule has 17 heavy (non-hydrogen) atoms. The number of benzene rings is 1. The fourth-order valence-corrected chi connectivity index (χ4v) is 2.53. The molecule has 1 rings (SSSR count). The molecule has 0 saturated carbocycles. The number of hydrogen-bond acceptors (Lipinski definition) is 4. The van der Waals surface area contributed by atoms with Crippen LogP contribution < -0.4 is 10.5 Å². The van der Waals surface area contributed by atoms with Crippen LogP contribution in [0.25, 0.3) is 0 Å². The van der Waals surface area contributed by atoms with Gasteiger partial charge in [0.15, 0.2) is 0 Å². The summed E-state index contributed by atoms with van der Waals surface area (Å²) in [6.45, 7) is 1.06. The Labute approximate surface area is 102 Å². The highest BCUT2D eigenvalue weighted by molar-refractivity contribution is 7.88. The van der Waals surface area contributed by atoms with Crippen LogP contribution in [-0.4, -0.2) is 28.7 Å². The van der Waals surface area contributed by atoms with E-state index >= 15 is 0 Å². The third-order valence-corrected chi connectivity index (χ3v) is 3.57. The average Bonchev–Trinajstić information content (AvgIpc) is 2.29. The Kier molecular flexibility index (Phi) is 5.57. The number of nitrogens with two attached hydrogens (primary N) is 1. The van der Waals surface area contributed by atoms with Crippen molar-refractivity contribution in [2.75, 3.05) is 20.3 Å². The van der Waals surface area contributed by atoms with E-state index in [1.54, 1.807) is 12.1 Å². The molecule has 3 N–H and O–H groups in total. The second-order valence-corrected chi connectivity index (χ2v) is 5.48. The molecule has 0 unspecified atom stereocenters. The van der Waals surface area contributed by atoms with Gasteiger partial charge in [-0.25, -0.2) is 13.1 Å². The van der Waals surface area contributed by atoms with Gasteiger partial charge in [0.05, 0.1) is 12.4 Å². The molecule has 6 heteroatoms. The zero-order valence-corrected chi connectivity index (χ0v) is 10.7. The minimum absolute atomic E-state index is 0.0371. The number of rotatable bonds is 7. The lowest BCUT2D eigenvalue weighted by atomic mass is 10.1. The number of ether oxygens (including phenoxy) is 1. The molecule has 5 nitrogen and oxygen atoms in total. The Balaban J connectivity index is 2.62. The van der Waals surface area contributed by atoms with Crippen LogP contribution in [0.1, 0.15) is 11.1 Å². The first-order valence-electron chi connectivity index (χ1n) is 5.31. The summed E-state index contributed by atoms with van der Waals surface area (Å²) in [6, 6.07) is 7.25. The molecule has 0 spiro atoms. The fraction of sp³-hybridized carbons (Fsp3) is 0.455. The molecule has 0 aliphatic rings. The van der Waals surface area contributed by atoms with Crippen LogP contribution in [0.3, 0.4) is 0 Å². The van der Waals surface area contributed by atoms with Crippen LogP contribution in [0, 0.1) is 0 Å². The second kappa shape index (κ2) is 6.70. The summed E-state index contributed by atoms with van der Waals surface area (Å²) in [7, 11) is -1.78. The molecule has 0 heterocycles. The van der Waals surface area contributed by atoms with Crippen molar-refractivity contribution < 1.29 is 13.2 Å². The van der Waals surface area contributed by atoms with E-state index in [2.05, 4.69) is 4.72 Å². The van der Waals surface area contributed by atoms with Crippen LogP contribution in [-0.2, 0) is 27.1 Å². The van der Waals surface area contributed by atoms with Crippen LogP contribution >= 0.6 is 0 Å². The third kappa shape index (κ3) is 5.27. The molecule has 0 saturated heterocycles. The van der Waals surface area contributed by atoms with E-state index in [4.69, 9.17) is 10.5 Å². The van der Waals surface area contributed by atoms with Crippen molar-refractivity contribution in [3.63, 3.8) is 0 Å². The summed E-state index contributed by atoms with van der Waals surface area (Å²) < 4.78 is 30.6. The molecular weight excluding hydrogens is 240 g/mol. The van der Waals surface area contributed by atoms with Crippen molar-refractivity contribution in [3.05, 3.63) is 35.4 Å². The maximum Gasteiger partial charge on any atom is 0.215 e. The first-order valence-corrected chi connectivity index (χ1v) is 6.97. The quantitative estimate of drug-likeness (QED) is 0.685. The molecule has 0 radical (unpaired) electrons. The first kappa shape index (κ1) is 14.1. The number of hydrogen-bond donors (Lipinski definition) is 2. The smallest absolute Gasteiger partial charge is 0.215 e. The summed E-state index contributed by atoms with van der Waals surface area (Å²) in [5, 5.41) is 0. The average molecular weight is 258 g/mol. The lowest BCUT2D eigenvalue weighted by Gasteiger charge is -2.07.